The number of nitrogens with zero attached hydrogens (tertiary/aromatic N) is 1. The molecule has 0 bridgehead atoms. The lowest BCUT2D eigenvalue weighted by molar-refractivity contribution is 0.213. The molecule has 0 unspecified atom stereocenters. The second-order valence-corrected chi connectivity index (χ2v) is 9.67. The van der Waals surface area contributed by atoms with Crippen LogP contribution in [-0.4, -0.2) is 46.0 Å². The Kier molecular flexibility index (Phi) is 12.2. The first kappa shape index (κ1) is 26.0. The number of sulfone groups is 1. The van der Waals surface area contributed by atoms with Gasteiger partial charge in [-0.2, -0.15) is 0 Å². The molecule has 0 fully saturated rings. The predicted molar refractivity (Wildman–Crippen MR) is 124 cm³/mol. The Hall–Kier alpha value is -2.02. The van der Waals surface area contributed by atoms with Crippen molar-refractivity contribution in [3.8, 4) is 11.5 Å². The molecule has 1 aromatic carbocycles. The Bertz CT molecular complexity index is 777. The van der Waals surface area contributed by atoms with Crippen LogP contribution in [0.15, 0.2) is 29.4 Å². The summed E-state index contributed by atoms with van der Waals surface area (Å²) in [6, 6.07) is 4.01. The molecule has 0 saturated heterocycles. The van der Waals surface area contributed by atoms with E-state index in [0.717, 1.165) is 48.3 Å². The van der Waals surface area contributed by atoms with E-state index in [2.05, 4.69) is 9.99 Å². The Morgan fingerprint density at radius 2 is 1.67 bits per heavy atom. The van der Waals surface area contributed by atoms with Crippen LogP contribution in [0.4, 0.5) is 0 Å². The summed E-state index contributed by atoms with van der Waals surface area (Å²) in [7, 11) is -1.69. The number of oxime groups is 1. The number of ether oxygens (including phenoxy) is 2. The van der Waals surface area contributed by atoms with Gasteiger partial charge in [-0.05, 0) is 63.8 Å². The molecule has 0 amide bonds. The summed E-state index contributed by atoms with van der Waals surface area (Å²) in [6.45, 7) is 8.92. The molecule has 1 rings (SSSR count). The normalized spacial score (nSPS) is 12.4. The van der Waals surface area contributed by atoms with Gasteiger partial charge in [0.15, 0.2) is 9.84 Å². The first-order valence-electron chi connectivity index (χ1n) is 10.5. The zero-order chi connectivity index (χ0) is 22.4. The van der Waals surface area contributed by atoms with Crippen molar-refractivity contribution in [1.29, 1.82) is 0 Å². The number of rotatable bonds is 15. The highest BCUT2D eigenvalue weighted by molar-refractivity contribution is 7.92. The highest BCUT2D eigenvalue weighted by atomic mass is 32.2. The molecule has 0 aliphatic carbocycles. The maximum absolute atomic E-state index is 12.0. The Balaban J connectivity index is 2.26. The molecule has 0 aromatic heterocycles. The van der Waals surface area contributed by atoms with Crippen LogP contribution in [0.25, 0.3) is 0 Å². The van der Waals surface area contributed by atoms with Crippen LogP contribution in [0, 0.1) is 13.8 Å². The van der Waals surface area contributed by atoms with E-state index < -0.39 is 9.84 Å². The van der Waals surface area contributed by atoms with Crippen LogP contribution in [-0.2, 0) is 14.7 Å². The first-order chi connectivity index (χ1) is 14.3. The molecule has 30 heavy (non-hydrogen) atoms. The minimum Gasteiger partial charge on any atom is -0.493 e. The quantitative estimate of drug-likeness (QED) is 0.166. The first-order valence-corrected chi connectivity index (χ1v) is 12.4. The largest absolute Gasteiger partial charge is 0.493 e. The van der Waals surface area contributed by atoms with Gasteiger partial charge in [0.2, 0.25) is 0 Å². The van der Waals surface area contributed by atoms with Crippen molar-refractivity contribution in [2.45, 2.75) is 59.8 Å². The van der Waals surface area contributed by atoms with E-state index in [-0.39, 0.29) is 11.5 Å². The Labute approximate surface area is 182 Å². The molecule has 0 heterocycles. The lowest BCUT2D eigenvalue weighted by Crippen LogP contribution is -2.17. The van der Waals surface area contributed by atoms with Gasteiger partial charge in [-0.15, -0.1) is 0 Å². The van der Waals surface area contributed by atoms with E-state index in [1.165, 1.54) is 7.11 Å². The molecule has 7 heteroatoms. The number of allylic oxidation sites excluding steroid dienone is 1. The second kappa shape index (κ2) is 14.1. The average molecular weight is 440 g/mol. The third-order valence-electron chi connectivity index (χ3n) is 4.54. The van der Waals surface area contributed by atoms with Crippen LogP contribution >= 0.6 is 0 Å². The van der Waals surface area contributed by atoms with Crippen LogP contribution in [0.2, 0.25) is 0 Å². The minimum atomic E-state index is -3.11. The number of hydrogen-bond donors (Lipinski definition) is 0. The molecule has 1 aromatic rings. The summed E-state index contributed by atoms with van der Waals surface area (Å²) >= 11 is 0. The van der Waals surface area contributed by atoms with Gasteiger partial charge in [-0.1, -0.05) is 36.6 Å². The zero-order valence-electron chi connectivity index (χ0n) is 19.1. The number of hydrogen-bond acceptors (Lipinski definition) is 6. The average Bonchev–Trinajstić information content (AvgIpc) is 2.65. The van der Waals surface area contributed by atoms with E-state index in [4.69, 9.17) is 9.47 Å². The molecular weight excluding hydrogens is 402 g/mol. The van der Waals surface area contributed by atoms with E-state index in [0.29, 0.717) is 25.3 Å². The number of aryl methyl sites for hydroxylation is 2. The maximum atomic E-state index is 12.0. The number of unbranched alkanes of at least 4 members (excludes halogenated alkanes) is 4. The van der Waals surface area contributed by atoms with Crippen LogP contribution in [0.3, 0.4) is 0 Å². The van der Waals surface area contributed by atoms with Crippen LogP contribution in [0.5, 0.6) is 11.5 Å². The van der Waals surface area contributed by atoms with Crippen LogP contribution in [0.1, 0.15) is 57.1 Å². The van der Waals surface area contributed by atoms with E-state index >= 15 is 0 Å². The lowest BCUT2D eigenvalue weighted by atomic mass is 10.1. The third kappa shape index (κ3) is 10.7. The van der Waals surface area contributed by atoms with Gasteiger partial charge in [-0.3, -0.25) is 0 Å². The molecule has 0 saturated carbocycles. The smallest absolute Gasteiger partial charge is 0.155 e. The van der Waals surface area contributed by atoms with Crippen molar-refractivity contribution in [2.75, 3.05) is 31.8 Å². The molecule has 0 aliphatic heterocycles. The van der Waals surface area contributed by atoms with Crippen LogP contribution < -0.4 is 9.47 Å². The van der Waals surface area contributed by atoms with Gasteiger partial charge >= 0.3 is 0 Å². The Morgan fingerprint density at radius 1 is 1.03 bits per heavy atom. The summed E-state index contributed by atoms with van der Waals surface area (Å²) in [4.78, 5) is 4.61. The van der Waals surface area contributed by atoms with Crippen molar-refractivity contribution in [3.63, 3.8) is 0 Å². The minimum absolute atomic E-state index is 0.0352. The highest BCUT2D eigenvalue weighted by Gasteiger charge is 2.12. The lowest BCUT2D eigenvalue weighted by Gasteiger charge is -2.14. The van der Waals surface area contributed by atoms with Gasteiger partial charge < -0.3 is 14.3 Å². The van der Waals surface area contributed by atoms with Gasteiger partial charge in [0.05, 0.1) is 23.8 Å². The molecule has 6 nitrogen and oxygen atoms in total. The molecular formula is C23H37NO5S. The summed E-state index contributed by atoms with van der Waals surface area (Å²) < 4.78 is 35.7. The molecule has 0 N–H and O–H groups in total. The summed E-state index contributed by atoms with van der Waals surface area (Å²) in [6.07, 6.45) is 8.49. The monoisotopic (exact) mass is 439 g/mol. The molecule has 0 radical (unpaired) electrons. The summed E-state index contributed by atoms with van der Waals surface area (Å²) in [5.41, 5.74) is 2.63. The zero-order valence-corrected chi connectivity index (χ0v) is 19.9. The van der Waals surface area contributed by atoms with E-state index in [1.54, 1.807) is 6.92 Å². The highest BCUT2D eigenvalue weighted by Crippen LogP contribution is 2.28. The van der Waals surface area contributed by atoms with E-state index in [9.17, 15) is 8.42 Å². The third-order valence-corrected chi connectivity index (χ3v) is 6.31. The predicted octanol–water partition coefficient (Wildman–Crippen LogP) is 5.02. The van der Waals surface area contributed by atoms with Crippen molar-refractivity contribution in [1.82, 2.24) is 0 Å². The summed E-state index contributed by atoms with van der Waals surface area (Å²) in [5, 5.41) is 3.66. The molecule has 170 valence electrons. The standard InChI is InChI=1S/C23H37NO5S/c1-6-7-13-28-22-16-19(2)23(20(3)17-22)29-14-11-9-8-10-12-15-30(25,26)18-21(4)24-27-5/h6-7,16-17H,8-15,18H2,1-5H3/b7-6+,24-21+. The topological polar surface area (TPSA) is 74.2 Å². The second-order valence-electron chi connectivity index (χ2n) is 7.48. The molecule has 0 spiro atoms. The molecule has 0 atom stereocenters. The van der Waals surface area contributed by atoms with E-state index in [1.807, 2.05) is 45.1 Å². The summed E-state index contributed by atoms with van der Waals surface area (Å²) in [5.74, 6) is 1.94. The number of benzene rings is 1. The fraction of sp³-hybridized carbons (Fsp3) is 0.609. The van der Waals surface area contributed by atoms with Gasteiger partial charge in [0, 0.05) is 0 Å². The van der Waals surface area contributed by atoms with Crippen molar-refractivity contribution >= 4 is 15.5 Å². The van der Waals surface area contributed by atoms with Gasteiger partial charge in [0.25, 0.3) is 0 Å². The Morgan fingerprint density at radius 3 is 2.30 bits per heavy atom. The fourth-order valence-electron chi connectivity index (χ4n) is 3.16. The maximum Gasteiger partial charge on any atom is 0.155 e. The van der Waals surface area contributed by atoms with Gasteiger partial charge in [-0.25, -0.2) is 8.42 Å². The fourth-order valence-corrected chi connectivity index (χ4v) is 4.64. The van der Waals surface area contributed by atoms with Crippen molar-refractivity contribution in [3.05, 3.63) is 35.4 Å². The van der Waals surface area contributed by atoms with Gasteiger partial charge in [0.1, 0.15) is 25.2 Å². The molecule has 0 aliphatic rings. The SMILES string of the molecule is C/C=C/COc1cc(C)c(OCCCCCCCS(=O)(=O)C/C(C)=N/OC)c(C)c1. The van der Waals surface area contributed by atoms with Crippen molar-refractivity contribution in [2.24, 2.45) is 5.16 Å². The van der Waals surface area contributed by atoms with Crippen molar-refractivity contribution < 1.29 is 22.7 Å².